The van der Waals surface area contributed by atoms with Crippen LogP contribution in [0.5, 0.6) is 0 Å². The van der Waals surface area contributed by atoms with Gasteiger partial charge in [0.2, 0.25) is 5.78 Å². The number of oxazole rings is 1. The average Bonchev–Trinajstić information content (AvgIpc) is 2.77. The summed E-state index contributed by atoms with van der Waals surface area (Å²) < 4.78 is 4.88. The summed E-state index contributed by atoms with van der Waals surface area (Å²) >= 11 is 0. The van der Waals surface area contributed by atoms with Gasteiger partial charge in [0.15, 0.2) is 0 Å². The van der Waals surface area contributed by atoms with Gasteiger partial charge in [0.1, 0.15) is 6.26 Å². The molecule has 5 nitrogen and oxygen atoms in total. The number of hydrogen-bond acceptors (Lipinski definition) is 5. The van der Waals surface area contributed by atoms with Crippen molar-refractivity contribution in [1.82, 2.24) is 4.98 Å². The summed E-state index contributed by atoms with van der Waals surface area (Å²) in [6, 6.07) is -0.544. The van der Waals surface area contributed by atoms with E-state index in [1.807, 2.05) is 6.92 Å². The highest BCUT2D eigenvalue weighted by atomic mass is 16.3. The first kappa shape index (κ1) is 11.9. The lowest BCUT2D eigenvalue weighted by atomic mass is 10.00. The Labute approximate surface area is 88.8 Å². The van der Waals surface area contributed by atoms with Gasteiger partial charge >= 0.3 is 0 Å². The fraction of sp³-hybridized carbons (Fsp3) is 0.600. The molecule has 0 aliphatic rings. The van der Waals surface area contributed by atoms with Crippen molar-refractivity contribution in [1.29, 1.82) is 0 Å². The Morgan fingerprint density at radius 3 is 2.87 bits per heavy atom. The summed E-state index contributed by atoms with van der Waals surface area (Å²) in [5.41, 5.74) is 11.2. The Hall–Kier alpha value is -1.20. The SMILES string of the molecule is CC(CN)CC[C@H](N)C(=O)c1ncco1. The predicted octanol–water partition coefficient (Wildman–Crippen LogP) is 0.560. The lowest BCUT2D eigenvalue weighted by molar-refractivity contribution is 0.0920. The second-order valence-corrected chi connectivity index (χ2v) is 3.73. The van der Waals surface area contributed by atoms with Gasteiger partial charge in [-0.05, 0) is 25.3 Å². The molecule has 0 radical (unpaired) electrons. The van der Waals surface area contributed by atoms with Crippen LogP contribution in [0.15, 0.2) is 16.9 Å². The molecule has 0 saturated heterocycles. The number of Topliss-reactive ketones (excluding diaryl/α,β-unsaturated/α-hetero) is 1. The van der Waals surface area contributed by atoms with Crippen LogP contribution in [-0.4, -0.2) is 23.4 Å². The first-order chi connectivity index (χ1) is 7.15. The van der Waals surface area contributed by atoms with E-state index in [0.29, 0.717) is 18.9 Å². The molecule has 0 fully saturated rings. The fourth-order valence-electron chi connectivity index (χ4n) is 1.22. The van der Waals surface area contributed by atoms with Gasteiger partial charge in [-0.3, -0.25) is 4.79 Å². The third-order valence-corrected chi connectivity index (χ3v) is 2.35. The molecule has 1 aromatic heterocycles. The zero-order valence-corrected chi connectivity index (χ0v) is 8.85. The van der Waals surface area contributed by atoms with Crippen LogP contribution in [0.4, 0.5) is 0 Å². The zero-order valence-electron chi connectivity index (χ0n) is 8.85. The smallest absolute Gasteiger partial charge is 0.264 e. The predicted molar refractivity (Wildman–Crippen MR) is 56.3 cm³/mol. The molecule has 5 heteroatoms. The zero-order chi connectivity index (χ0) is 11.3. The molecular formula is C10H17N3O2. The Kier molecular flexibility index (Phi) is 4.45. The molecular weight excluding hydrogens is 194 g/mol. The number of nitrogens with zero attached hydrogens (tertiary/aromatic N) is 1. The van der Waals surface area contributed by atoms with Crippen LogP contribution in [0.25, 0.3) is 0 Å². The third kappa shape index (κ3) is 3.45. The summed E-state index contributed by atoms with van der Waals surface area (Å²) in [5.74, 6) is 0.223. The van der Waals surface area contributed by atoms with Gasteiger partial charge in [0.25, 0.3) is 5.89 Å². The molecule has 0 spiro atoms. The minimum absolute atomic E-state index is 0.0860. The van der Waals surface area contributed by atoms with Crippen LogP contribution in [0.3, 0.4) is 0 Å². The van der Waals surface area contributed by atoms with Crippen LogP contribution in [-0.2, 0) is 0 Å². The van der Waals surface area contributed by atoms with Gasteiger partial charge in [-0.15, -0.1) is 0 Å². The Balaban J connectivity index is 2.41. The molecule has 15 heavy (non-hydrogen) atoms. The quantitative estimate of drug-likeness (QED) is 0.670. The number of hydrogen-bond donors (Lipinski definition) is 2. The third-order valence-electron chi connectivity index (χ3n) is 2.35. The Morgan fingerprint density at radius 1 is 1.60 bits per heavy atom. The summed E-state index contributed by atoms with van der Waals surface area (Å²) in [5, 5.41) is 0. The minimum Gasteiger partial charge on any atom is -0.442 e. The second kappa shape index (κ2) is 5.63. The van der Waals surface area contributed by atoms with Crippen molar-refractivity contribution >= 4 is 5.78 Å². The number of ketones is 1. The molecule has 0 aliphatic carbocycles. The number of rotatable bonds is 6. The highest BCUT2D eigenvalue weighted by molar-refractivity contribution is 5.95. The lowest BCUT2D eigenvalue weighted by Crippen LogP contribution is -2.31. The monoisotopic (exact) mass is 211 g/mol. The molecule has 0 aliphatic heterocycles. The highest BCUT2D eigenvalue weighted by Gasteiger charge is 2.19. The molecule has 0 aromatic carbocycles. The normalized spacial score (nSPS) is 14.9. The summed E-state index contributed by atoms with van der Waals surface area (Å²) in [7, 11) is 0. The molecule has 1 rings (SSSR count). The molecule has 4 N–H and O–H groups in total. The Bertz CT molecular complexity index is 298. The van der Waals surface area contributed by atoms with E-state index in [4.69, 9.17) is 15.9 Å². The number of carbonyl (C=O) groups is 1. The molecule has 1 unspecified atom stereocenters. The number of nitrogens with two attached hydrogens (primary N) is 2. The average molecular weight is 211 g/mol. The van der Waals surface area contributed by atoms with Crippen LogP contribution in [0, 0.1) is 5.92 Å². The van der Waals surface area contributed by atoms with Crippen molar-refractivity contribution in [2.24, 2.45) is 17.4 Å². The molecule has 1 aromatic rings. The summed E-state index contributed by atoms with van der Waals surface area (Å²) in [4.78, 5) is 15.4. The van der Waals surface area contributed by atoms with Crippen LogP contribution >= 0.6 is 0 Å². The molecule has 0 amide bonds. The number of aromatic nitrogens is 1. The fourth-order valence-corrected chi connectivity index (χ4v) is 1.22. The van der Waals surface area contributed by atoms with Gasteiger partial charge in [-0.2, -0.15) is 0 Å². The van der Waals surface area contributed by atoms with Crippen molar-refractivity contribution in [2.75, 3.05) is 6.54 Å². The lowest BCUT2D eigenvalue weighted by Gasteiger charge is -2.11. The maximum atomic E-state index is 11.6. The Morgan fingerprint density at radius 2 is 2.33 bits per heavy atom. The van der Waals surface area contributed by atoms with Crippen LogP contribution in [0.2, 0.25) is 0 Å². The van der Waals surface area contributed by atoms with Crippen LogP contribution < -0.4 is 11.5 Å². The van der Waals surface area contributed by atoms with Crippen molar-refractivity contribution in [3.8, 4) is 0 Å². The van der Waals surface area contributed by atoms with Crippen molar-refractivity contribution in [2.45, 2.75) is 25.8 Å². The van der Waals surface area contributed by atoms with Crippen molar-refractivity contribution in [3.63, 3.8) is 0 Å². The topological polar surface area (TPSA) is 95.1 Å². The van der Waals surface area contributed by atoms with E-state index in [9.17, 15) is 4.79 Å². The van der Waals surface area contributed by atoms with Gasteiger partial charge in [0, 0.05) is 0 Å². The van der Waals surface area contributed by atoms with E-state index in [1.54, 1.807) is 0 Å². The van der Waals surface area contributed by atoms with Gasteiger partial charge in [-0.25, -0.2) is 4.98 Å². The van der Waals surface area contributed by atoms with Gasteiger partial charge in [0.05, 0.1) is 12.2 Å². The largest absolute Gasteiger partial charge is 0.442 e. The van der Waals surface area contributed by atoms with Crippen molar-refractivity contribution in [3.05, 3.63) is 18.4 Å². The molecule has 84 valence electrons. The van der Waals surface area contributed by atoms with E-state index >= 15 is 0 Å². The first-order valence-electron chi connectivity index (χ1n) is 5.04. The van der Waals surface area contributed by atoms with Gasteiger partial charge < -0.3 is 15.9 Å². The second-order valence-electron chi connectivity index (χ2n) is 3.73. The first-order valence-corrected chi connectivity index (χ1v) is 5.04. The van der Waals surface area contributed by atoms with E-state index in [-0.39, 0.29) is 11.7 Å². The molecule has 2 atom stereocenters. The molecule has 0 bridgehead atoms. The number of carbonyl (C=O) groups excluding carboxylic acids is 1. The minimum atomic E-state index is -0.544. The van der Waals surface area contributed by atoms with E-state index < -0.39 is 6.04 Å². The van der Waals surface area contributed by atoms with E-state index in [0.717, 1.165) is 6.42 Å². The maximum Gasteiger partial charge on any atom is 0.264 e. The van der Waals surface area contributed by atoms with E-state index in [2.05, 4.69) is 4.98 Å². The van der Waals surface area contributed by atoms with E-state index in [1.165, 1.54) is 12.5 Å². The van der Waals surface area contributed by atoms with Crippen LogP contribution in [0.1, 0.15) is 30.5 Å². The molecule has 1 heterocycles. The summed E-state index contributed by atoms with van der Waals surface area (Å²) in [6.07, 6.45) is 4.24. The standard InChI is InChI=1S/C10H17N3O2/c1-7(6-11)2-3-8(12)9(14)10-13-4-5-15-10/h4-5,7-8H,2-3,6,11-12H2,1H3/t7?,8-/m0/s1. The van der Waals surface area contributed by atoms with Crippen molar-refractivity contribution < 1.29 is 9.21 Å². The molecule has 0 saturated carbocycles. The van der Waals surface area contributed by atoms with Gasteiger partial charge in [-0.1, -0.05) is 6.92 Å². The maximum absolute atomic E-state index is 11.6. The highest BCUT2D eigenvalue weighted by Crippen LogP contribution is 2.09. The summed E-state index contributed by atoms with van der Waals surface area (Å²) in [6.45, 7) is 2.64.